The van der Waals surface area contributed by atoms with E-state index in [-0.39, 0.29) is 0 Å². The molecule has 5 rings (SSSR count). The van der Waals surface area contributed by atoms with Gasteiger partial charge in [-0.3, -0.25) is 4.68 Å². The fourth-order valence-corrected chi connectivity index (χ4v) is 3.61. The van der Waals surface area contributed by atoms with Crippen LogP contribution in [-0.2, 0) is 13.6 Å². The highest BCUT2D eigenvalue weighted by Crippen LogP contribution is 2.35. The third kappa shape index (κ3) is 2.37. The predicted molar refractivity (Wildman–Crippen MR) is 99.0 cm³/mol. The van der Waals surface area contributed by atoms with Crippen LogP contribution in [0.1, 0.15) is 24.1 Å². The van der Waals surface area contributed by atoms with Crippen LogP contribution in [0.2, 0.25) is 0 Å². The molecule has 0 aromatic carbocycles. The standard InChI is InChI=1S/C18H20N8/c1-13-15-11-26(18-9-19-17(8-20-18)24-5-3-4-6-24)22-16(15)12-25(13)14-7-21-23(2)10-14/h7-11H,1,3-6,12H2,2H3. The van der Waals surface area contributed by atoms with Crippen LogP contribution in [0.15, 0.2) is 37.6 Å². The molecule has 0 amide bonds. The Bertz CT molecular complexity index is 961. The molecule has 8 heteroatoms. The Kier molecular flexibility index (Phi) is 3.31. The van der Waals surface area contributed by atoms with Crippen molar-refractivity contribution < 1.29 is 0 Å². The minimum Gasteiger partial charge on any atom is -0.355 e. The summed E-state index contributed by atoms with van der Waals surface area (Å²) in [5.74, 6) is 1.67. The first-order valence-corrected chi connectivity index (χ1v) is 8.80. The highest BCUT2D eigenvalue weighted by Gasteiger charge is 2.28. The Labute approximate surface area is 151 Å². The molecule has 3 aromatic heterocycles. The number of aryl methyl sites for hydroxylation is 1. The zero-order chi connectivity index (χ0) is 17.7. The van der Waals surface area contributed by atoms with E-state index in [0.717, 1.165) is 47.4 Å². The van der Waals surface area contributed by atoms with Crippen molar-refractivity contribution in [3.63, 3.8) is 0 Å². The molecule has 0 bridgehead atoms. The van der Waals surface area contributed by atoms with Gasteiger partial charge in [0.25, 0.3) is 0 Å². The van der Waals surface area contributed by atoms with E-state index in [1.165, 1.54) is 12.8 Å². The van der Waals surface area contributed by atoms with Gasteiger partial charge in [0.05, 0.1) is 36.5 Å². The van der Waals surface area contributed by atoms with Crippen molar-refractivity contribution in [2.75, 3.05) is 22.9 Å². The lowest BCUT2D eigenvalue weighted by molar-refractivity contribution is 0.767. The average molecular weight is 348 g/mol. The van der Waals surface area contributed by atoms with Gasteiger partial charge in [0.15, 0.2) is 5.82 Å². The minimum atomic E-state index is 0.687. The van der Waals surface area contributed by atoms with Gasteiger partial charge in [-0.15, -0.1) is 0 Å². The van der Waals surface area contributed by atoms with E-state index in [2.05, 4.69) is 31.4 Å². The molecule has 1 fully saturated rings. The van der Waals surface area contributed by atoms with Crippen molar-refractivity contribution in [3.8, 4) is 5.82 Å². The largest absolute Gasteiger partial charge is 0.355 e. The summed E-state index contributed by atoms with van der Waals surface area (Å²) in [6.45, 7) is 7.04. The van der Waals surface area contributed by atoms with Gasteiger partial charge in [-0.25, -0.2) is 14.6 Å². The minimum absolute atomic E-state index is 0.687. The molecule has 0 N–H and O–H groups in total. The lowest BCUT2D eigenvalue weighted by atomic mass is 10.2. The van der Waals surface area contributed by atoms with Crippen molar-refractivity contribution >= 4 is 17.2 Å². The van der Waals surface area contributed by atoms with Crippen LogP contribution in [0.4, 0.5) is 11.5 Å². The summed E-state index contributed by atoms with van der Waals surface area (Å²) in [4.78, 5) is 13.5. The monoisotopic (exact) mass is 348 g/mol. The maximum absolute atomic E-state index is 4.69. The average Bonchev–Trinajstić information content (AvgIpc) is 3.41. The van der Waals surface area contributed by atoms with Crippen LogP contribution in [0.3, 0.4) is 0 Å². The van der Waals surface area contributed by atoms with Gasteiger partial charge in [-0.2, -0.15) is 10.2 Å². The van der Waals surface area contributed by atoms with Gasteiger partial charge in [0.2, 0.25) is 0 Å². The molecule has 132 valence electrons. The number of fused-ring (bicyclic) bond motifs is 1. The molecule has 5 heterocycles. The smallest absolute Gasteiger partial charge is 0.171 e. The van der Waals surface area contributed by atoms with Crippen LogP contribution >= 0.6 is 0 Å². The number of hydrogen-bond acceptors (Lipinski definition) is 6. The molecule has 3 aromatic rings. The van der Waals surface area contributed by atoms with Gasteiger partial charge in [0, 0.05) is 43.8 Å². The van der Waals surface area contributed by atoms with E-state index >= 15 is 0 Å². The number of anilines is 2. The third-order valence-corrected chi connectivity index (χ3v) is 5.03. The predicted octanol–water partition coefficient (Wildman–Crippen LogP) is 1.99. The van der Waals surface area contributed by atoms with E-state index in [4.69, 9.17) is 5.10 Å². The van der Waals surface area contributed by atoms with Crippen LogP contribution in [0.25, 0.3) is 11.5 Å². The highest BCUT2D eigenvalue weighted by molar-refractivity contribution is 5.82. The second kappa shape index (κ2) is 5.69. The van der Waals surface area contributed by atoms with Crippen molar-refractivity contribution in [1.29, 1.82) is 0 Å². The molecular weight excluding hydrogens is 328 g/mol. The highest BCUT2D eigenvalue weighted by atomic mass is 15.4. The second-order valence-corrected chi connectivity index (χ2v) is 6.77. The van der Waals surface area contributed by atoms with Gasteiger partial charge in [-0.05, 0) is 12.8 Å². The van der Waals surface area contributed by atoms with Gasteiger partial charge in [-0.1, -0.05) is 6.58 Å². The number of rotatable bonds is 3. The van der Waals surface area contributed by atoms with Crippen LogP contribution in [0.5, 0.6) is 0 Å². The molecule has 0 radical (unpaired) electrons. The normalized spacial score (nSPS) is 16.6. The summed E-state index contributed by atoms with van der Waals surface area (Å²) in [6, 6.07) is 0. The quantitative estimate of drug-likeness (QED) is 0.721. The van der Waals surface area contributed by atoms with Crippen LogP contribution in [0, 0.1) is 0 Å². The SMILES string of the molecule is C=C1c2cn(-c3cnc(N4CCCC4)cn3)nc2CN1c1cnn(C)c1. The molecule has 26 heavy (non-hydrogen) atoms. The Hall–Kier alpha value is -3.16. The van der Waals surface area contributed by atoms with Crippen molar-refractivity contribution in [2.45, 2.75) is 19.4 Å². The first-order chi connectivity index (χ1) is 12.7. The third-order valence-electron chi connectivity index (χ3n) is 5.03. The van der Waals surface area contributed by atoms with Crippen LogP contribution < -0.4 is 9.80 Å². The molecule has 2 aliphatic heterocycles. The fourth-order valence-electron chi connectivity index (χ4n) is 3.61. The lowest BCUT2D eigenvalue weighted by Crippen LogP contribution is -2.19. The van der Waals surface area contributed by atoms with E-state index < -0.39 is 0 Å². The summed E-state index contributed by atoms with van der Waals surface area (Å²) >= 11 is 0. The second-order valence-electron chi connectivity index (χ2n) is 6.77. The molecule has 0 aliphatic carbocycles. The summed E-state index contributed by atoms with van der Waals surface area (Å²) in [5.41, 5.74) is 3.99. The molecule has 8 nitrogen and oxygen atoms in total. The molecule has 0 atom stereocenters. The van der Waals surface area contributed by atoms with Gasteiger partial charge < -0.3 is 9.80 Å². The fraction of sp³-hybridized carbons (Fsp3) is 0.333. The summed E-state index contributed by atoms with van der Waals surface area (Å²) < 4.78 is 3.58. The van der Waals surface area contributed by atoms with E-state index in [1.54, 1.807) is 15.6 Å². The molecular formula is C18H20N8. The zero-order valence-electron chi connectivity index (χ0n) is 14.7. The Morgan fingerprint density at radius 2 is 1.77 bits per heavy atom. The number of nitrogens with zero attached hydrogens (tertiary/aromatic N) is 8. The number of aromatic nitrogens is 6. The van der Waals surface area contributed by atoms with E-state index in [9.17, 15) is 0 Å². The van der Waals surface area contributed by atoms with Gasteiger partial charge >= 0.3 is 0 Å². The summed E-state index contributed by atoms with van der Waals surface area (Å²) in [6.07, 6.45) is 11.9. The summed E-state index contributed by atoms with van der Waals surface area (Å²) in [5, 5.41) is 8.93. The first kappa shape index (κ1) is 15.1. The van der Waals surface area contributed by atoms with Gasteiger partial charge in [0.1, 0.15) is 5.82 Å². The molecule has 0 spiro atoms. The molecule has 1 saturated heterocycles. The van der Waals surface area contributed by atoms with Crippen molar-refractivity contribution in [3.05, 3.63) is 48.8 Å². The molecule has 0 saturated carbocycles. The maximum Gasteiger partial charge on any atom is 0.171 e. The Morgan fingerprint density at radius 1 is 1.00 bits per heavy atom. The maximum atomic E-state index is 4.69. The van der Waals surface area contributed by atoms with E-state index in [0.29, 0.717) is 6.54 Å². The molecule has 0 unspecified atom stereocenters. The summed E-state index contributed by atoms with van der Waals surface area (Å²) in [7, 11) is 1.91. The Balaban J connectivity index is 1.39. The zero-order valence-corrected chi connectivity index (χ0v) is 14.7. The number of hydrogen-bond donors (Lipinski definition) is 0. The Morgan fingerprint density at radius 3 is 2.42 bits per heavy atom. The van der Waals surface area contributed by atoms with Crippen molar-refractivity contribution in [1.82, 2.24) is 29.5 Å². The lowest BCUT2D eigenvalue weighted by Gasteiger charge is -2.17. The topological polar surface area (TPSA) is 67.9 Å². The van der Waals surface area contributed by atoms with E-state index in [1.807, 2.05) is 31.8 Å². The first-order valence-electron chi connectivity index (χ1n) is 8.80. The van der Waals surface area contributed by atoms with Crippen LogP contribution in [-0.4, -0.2) is 42.6 Å². The van der Waals surface area contributed by atoms with Crippen molar-refractivity contribution in [2.24, 2.45) is 7.05 Å². The molecule has 2 aliphatic rings.